The molecule has 1 heterocycles. The van der Waals surface area contributed by atoms with Crippen LogP contribution in [-0.4, -0.2) is 25.5 Å². The van der Waals surface area contributed by atoms with Gasteiger partial charge in [0.2, 0.25) is 0 Å². The number of fused-ring (bicyclic) bond motifs is 3. The van der Waals surface area contributed by atoms with Gasteiger partial charge in [0.15, 0.2) is 0 Å². The second-order valence-corrected chi connectivity index (χ2v) is 8.82. The molecule has 0 aliphatic heterocycles. The third-order valence-electron chi connectivity index (χ3n) is 5.99. The van der Waals surface area contributed by atoms with E-state index in [1.54, 1.807) is 5.56 Å². The molecule has 0 radical (unpaired) electrons. The Morgan fingerprint density at radius 2 is 1.95 bits per heavy atom. The summed E-state index contributed by atoms with van der Waals surface area (Å²) in [6, 6.07) is 9.75. The Kier molecular flexibility index (Phi) is 3.78. The maximum Gasteiger partial charge on any atom is 0.0345 e. The van der Waals surface area contributed by atoms with Gasteiger partial charge in [-0.1, -0.05) is 19.1 Å². The number of thiophene rings is 1. The first-order chi connectivity index (χ1) is 10.7. The van der Waals surface area contributed by atoms with E-state index in [0.29, 0.717) is 0 Å². The highest BCUT2D eigenvalue weighted by Crippen LogP contribution is 2.57. The maximum atomic E-state index is 2.51. The van der Waals surface area contributed by atoms with Crippen molar-refractivity contribution in [3.05, 3.63) is 34.7 Å². The van der Waals surface area contributed by atoms with E-state index in [-0.39, 0.29) is 0 Å². The second kappa shape index (κ2) is 5.65. The summed E-state index contributed by atoms with van der Waals surface area (Å²) in [6.45, 7) is 3.52. The summed E-state index contributed by atoms with van der Waals surface area (Å²) in [5.41, 5.74) is 1.62. The molecule has 2 bridgehead atoms. The number of hydrogen-bond acceptors (Lipinski definition) is 2. The lowest BCUT2D eigenvalue weighted by Gasteiger charge is -2.33. The third-order valence-corrected chi connectivity index (χ3v) is 7.25. The first-order valence-corrected chi connectivity index (χ1v) is 9.64. The highest BCUT2D eigenvalue weighted by Gasteiger charge is 2.47. The zero-order chi connectivity index (χ0) is 15.3. The van der Waals surface area contributed by atoms with Crippen LogP contribution in [0.1, 0.15) is 42.5 Å². The number of rotatable bonds is 4. The molecule has 0 amide bonds. The molecular weight excluding hydrogens is 286 g/mol. The lowest BCUT2D eigenvalue weighted by molar-refractivity contribution is 0.219. The number of nitrogens with zero attached hydrogens (tertiary/aromatic N) is 1. The van der Waals surface area contributed by atoms with Gasteiger partial charge in [-0.25, -0.2) is 0 Å². The van der Waals surface area contributed by atoms with Crippen molar-refractivity contribution in [2.24, 2.45) is 17.8 Å². The summed E-state index contributed by atoms with van der Waals surface area (Å²) in [5, 5.41) is 1.48. The summed E-state index contributed by atoms with van der Waals surface area (Å²) in [6.07, 6.45) is 5.57. The largest absolute Gasteiger partial charge is 0.309 e. The molecule has 1 aromatic heterocycles. The number of benzene rings is 1. The molecule has 2 aliphatic rings. The molecule has 118 valence electrons. The molecule has 0 spiro atoms. The average molecular weight is 314 g/mol. The fourth-order valence-corrected chi connectivity index (χ4v) is 6.10. The molecule has 4 rings (SSSR count). The lowest BCUT2D eigenvalue weighted by Crippen LogP contribution is -2.30. The van der Waals surface area contributed by atoms with Gasteiger partial charge in [0.1, 0.15) is 0 Å². The van der Waals surface area contributed by atoms with Gasteiger partial charge in [0.05, 0.1) is 0 Å². The average Bonchev–Trinajstić information content (AvgIpc) is 3.19. The zero-order valence-electron chi connectivity index (χ0n) is 14.0. The minimum atomic E-state index is 0.801. The van der Waals surface area contributed by atoms with Crippen molar-refractivity contribution in [1.82, 2.24) is 4.90 Å². The molecule has 2 aliphatic carbocycles. The van der Waals surface area contributed by atoms with Gasteiger partial charge >= 0.3 is 0 Å². The van der Waals surface area contributed by atoms with Crippen molar-refractivity contribution in [2.75, 3.05) is 20.6 Å². The molecule has 2 saturated carbocycles. The van der Waals surface area contributed by atoms with Crippen LogP contribution in [0.4, 0.5) is 0 Å². The van der Waals surface area contributed by atoms with Crippen LogP contribution < -0.4 is 0 Å². The molecule has 0 saturated heterocycles. The standard InChI is InChI=1S/C20H27NS/c1-4-17-11-16-10-15(7-8-19(16)22-17)20-14-6-5-13(9-14)18(20)12-21(2)3/h7-8,10-11,13-14,18,20H,4-6,9,12H2,1-3H3. The first-order valence-electron chi connectivity index (χ1n) is 8.82. The fourth-order valence-electron chi connectivity index (χ4n) is 5.11. The monoisotopic (exact) mass is 313 g/mol. The predicted molar refractivity (Wildman–Crippen MR) is 96.8 cm³/mol. The topological polar surface area (TPSA) is 3.24 Å². The Balaban J connectivity index is 1.69. The van der Waals surface area contributed by atoms with Crippen LogP contribution in [0.3, 0.4) is 0 Å². The summed E-state index contributed by atoms with van der Waals surface area (Å²) in [5.74, 6) is 3.59. The quantitative estimate of drug-likeness (QED) is 0.754. The Hall–Kier alpha value is -0.860. The Morgan fingerprint density at radius 3 is 2.73 bits per heavy atom. The van der Waals surface area contributed by atoms with Crippen molar-refractivity contribution in [1.29, 1.82) is 0 Å². The van der Waals surface area contributed by atoms with Gasteiger partial charge in [-0.3, -0.25) is 0 Å². The predicted octanol–water partition coefficient (Wildman–Crippen LogP) is 5.16. The SMILES string of the molecule is CCc1cc2cc(C3C4CCC(C4)C3CN(C)C)ccc2s1. The molecule has 2 heteroatoms. The van der Waals surface area contributed by atoms with Gasteiger partial charge in [-0.2, -0.15) is 0 Å². The Labute approximate surface area is 138 Å². The van der Waals surface area contributed by atoms with E-state index in [9.17, 15) is 0 Å². The van der Waals surface area contributed by atoms with Crippen LogP contribution in [0.2, 0.25) is 0 Å². The van der Waals surface area contributed by atoms with E-state index < -0.39 is 0 Å². The third kappa shape index (κ3) is 2.41. The molecule has 4 unspecified atom stereocenters. The zero-order valence-corrected chi connectivity index (χ0v) is 14.8. The smallest absolute Gasteiger partial charge is 0.0345 e. The van der Waals surface area contributed by atoms with E-state index in [2.05, 4.69) is 50.2 Å². The molecule has 1 nitrogen and oxygen atoms in total. The molecule has 1 aromatic carbocycles. The van der Waals surface area contributed by atoms with Gasteiger partial charge in [0, 0.05) is 16.1 Å². The molecule has 2 fully saturated rings. The Morgan fingerprint density at radius 1 is 1.14 bits per heavy atom. The second-order valence-electron chi connectivity index (χ2n) is 7.65. The molecular formula is C20H27NS. The van der Waals surface area contributed by atoms with E-state index >= 15 is 0 Å². The van der Waals surface area contributed by atoms with Crippen molar-refractivity contribution in [3.63, 3.8) is 0 Å². The lowest BCUT2D eigenvalue weighted by atomic mass is 9.75. The van der Waals surface area contributed by atoms with Crippen molar-refractivity contribution in [3.8, 4) is 0 Å². The van der Waals surface area contributed by atoms with Crippen LogP contribution in [-0.2, 0) is 6.42 Å². The van der Waals surface area contributed by atoms with E-state index in [0.717, 1.165) is 30.1 Å². The Bertz CT molecular complexity index is 671. The molecule has 2 aromatic rings. The molecule has 4 atom stereocenters. The van der Waals surface area contributed by atoms with E-state index in [1.807, 2.05) is 11.3 Å². The van der Waals surface area contributed by atoms with Crippen molar-refractivity contribution < 1.29 is 0 Å². The molecule has 22 heavy (non-hydrogen) atoms. The van der Waals surface area contributed by atoms with Gasteiger partial charge in [0.25, 0.3) is 0 Å². The summed E-state index contributed by atoms with van der Waals surface area (Å²) in [7, 11) is 4.47. The van der Waals surface area contributed by atoms with Crippen molar-refractivity contribution >= 4 is 21.4 Å². The normalized spacial score (nSPS) is 30.7. The van der Waals surface area contributed by atoms with Crippen LogP contribution in [0.5, 0.6) is 0 Å². The van der Waals surface area contributed by atoms with E-state index in [4.69, 9.17) is 0 Å². The summed E-state index contributed by atoms with van der Waals surface area (Å²) >= 11 is 1.97. The van der Waals surface area contributed by atoms with Crippen LogP contribution >= 0.6 is 11.3 Å². The molecule has 0 N–H and O–H groups in total. The van der Waals surface area contributed by atoms with E-state index in [1.165, 1.54) is 40.8 Å². The summed E-state index contributed by atoms with van der Waals surface area (Å²) < 4.78 is 1.47. The number of aryl methyl sites for hydroxylation is 1. The minimum absolute atomic E-state index is 0.801. The fraction of sp³-hybridized carbons (Fsp3) is 0.600. The van der Waals surface area contributed by atoms with Crippen LogP contribution in [0.25, 0.3) is 10.1 Å². The van der Waals surface area contributed by atoms with Crippen LogP contribution in [0, 0.1) is 17.8 Å². The minimum Gasteiger partial charge on any atom is -0.309 e. The maximum absolute atomic E-state index is 2.51. The highest BCUT2D eigenvalue weighted by molar-refractivity contribution is 7.19. The summed E-state index contributed by atoms with van der Waals surface area (Å²) in [4.78, 5) is 3.92. The van der Waals surface area contributed by atoms with Gasteiger partial charge < -0.3 is 4.90 Å². The van der Waals surface area contributed by atoms with Gasteiger partial charge in [-0.15, -0.1) is 11.3 Å². The number of hydrogen-bond donors (Lipinski definition) is 0. The highest BCUT2D eigenvalue weighted by atomic mass is 32.1. The van der Waals surface area contributed by atoms with Crippen molar-refractivity contribution in [2.45, 2.75) is 38.5 Å². The van der Waals surface area contributed by atoms with Gasteiger partial charge in [-0.05, 0) is 86.5 Å². The van der Waals surface area contributed by atoms with Crippen LogP contribution in [0.15, 0.2) is 24.3 Å². The first kappa shape index (κ1) is 14.7.